The number of aromatic amines is 1. The Hall–Kier alpha value is -1.28. The van der Waals surface area contributed by atoms with Gasteiger partial charge in [0.05, 0.1) is 6.61 Å². The lowest BCUT2D eigenvalue weighted by Gasteiger charge is -2.14. The zero-order valence-corrected chi connectivity index (χ0v) is 10.9. The third kappa shape index (κ3) is 3.10. The van der Waals surface area contributed by atoms with E-state index in [-0.39, 0.29) is 17.3 Å². The molecule has 94 valence electrons. The van der Waals surface area contributed by atoms with E-state index in [9.17, 15) is 14.0 Å². The average Bonchev–Trinajstić information content (AvgIpc) is 2.69. The van der Waals surface area contributed by atoms with E-state index in [1.807, 2.05) is 0 Å². The number of thiazole rings is 1. The third-order valence-electron chi connectivity index (χ3n) is 1.91. The normalized spacial score (nSPS) is 10.1. The van der Waals surface area contributed by atoms with E-state index in [1.165, 1.54) is 7.05 Å². The molecule has 1 aromatic heterocycles. The Morgan fingerprint density at radius 2 is 2.24 bits per heavy atom. The predicted molar refractivity (Wildman–Crippen MR) is 64.8 cm³/mol. The van der Waals surface area contributed by atoms with E-state index in [1.54, 1.807) is 6.92 Å². The van der Waals surface area contributed by atoms with E-state index in [0.717, 1.165) is 16.2 Å². The number of carbonyl (C=O) groups excluding carboxylic acids is 2. The highest BCUT2D eigenvalue weighted by Crippen LogP contribution is 2.24. The summed E-state index contributed by atoms with van der Waals surface area (Å²) in [4.78, 5) is 26.6. The van der Waals surface area contributed by atoms with Crippen LogP contribution in [0.15, 0.2) is 0 Å². The van der Waals surface area contributed by atoms with Crippen LogP contribution in [0.25, 0.3) is 0 Å². The molecule has 8 heteroatoms. The lowest BCUT2D eigenvalue weighted by atomic mass is 10.4. The van der Waals surface area contributed by atoms with E-state index in [0.29, 0.717) is 3.95 Å². The van der Waals surface area contributed by atoms with E-state index < -0.39 is 18.6 Å². The summed E-state index contributed by atoms with van der Waals surface area (Å²) in [5.74, 6) is -1.18. The maximum absolute atomic E-state index is 12.3. The summed E-state index contributed by atoms with van der Waals surface area (Å²) < 4.78 is 17.4. The lowest BCUT2D eigenvalue weighted by molar-refractivity contribution is -0.119. The van der Waals surface area contributed by atoms with Gasteiger partial charge in [0.1, 0.15) is 5.82 Å². The van der Waals surface area contributed by atoms with Crippen LogP contribution < -0.4 is 4.90 Å². The number of amides is 1. The molecular weight excluding hydrogens is 267 g/mol. The highest BCUT2D eigenvalue weighted by Gasteiger charge is 2.22. The second-order valence-electron chi connectivity index (χ2n) is 3.00. The third-order valence-corrected chi connectivity index (χ3v) is 3.12. The van der Waals surface area contributed by atoms with E-state index in [2.05, 4.69) is 4.98 Å². The Kier molecular flexibility index (Phi) is 4.76. The van der Waals surface area contributed by atoms with Crippen LogP contribution in [0.2, 0.25) is 0 Å². The van der Waals surface area contributed by atoms with Gasteiger partial charge in [-0.1, -0.05) is 11.3 Å². The van der Waals surface area contributed by atoms with Gasteiger partial charge in [0.15, 0.2) is 15.5 Å². The molecule has 1 rings (SSSR count). The number of halogens is 1. The quantitative estimate of drug-likeness (QED) is 0.675. The van der Waals surface area contributed by atoms with Crippen molar-refractivity contribution in [2.45, 2.75) is 6.92 Å². The largest absolute Gasteiger partial charge is 0.462 e. The number of ether oxygens (including phenoxy) is 1. The molecule has 0 spiro atoms. The molecular formula is C9H11FN2O3S2. The molecule has 1 amide bonds. The minimum Gasteiger partial charge on any atom is -0.462 e. The van der Waals surface area contributed by atoms with Crippen molar-refractivity contribution in [3.63, 3.8) is 0 Å². The molecule has 0 radical (unpaired) electrons. The van der Waals surface area contributed by atoms with Gasteiger partial charge in [-0.25, -0.2) is 9.18 Å². The van der Waals surface area contributed by atoms with Gasteiger partial charge < -0.3 is 9.72 Å². The number of nitrogens with one attached hydrogen (secondary N) is 1. The van der Waals surface area contributed by atoms with Crippen LogP contribution in [-0.2, 0) is 9.53 Å². The molecule has 1 N–H and O–H groups in total. The average molecular weight is 278 g/mol. The summed E-state index contributed by atoms with van der Waals surface area (Å²) in [6.07, 6.45) is 0. The molecule has 0 aliphatic heterocycles. The molecule has 0 aliphatic carbocycles. The zero-order valence-electron chi connectivity index (χ0n) is 9.28. The highest BCUT2D eigenvalue weighted by atomic mass is 32.1. The minimum atomic E-state index is -1.14. The molecule has 0 fully saturated rings. The molecule has 1 heterocycles. The van der Waals surface area contributed by atoms with Gasteiger partial charge >= 0.3 is 5.97 Å². The van der Waals surface area contributed by atoms with Crippen LogP contribution in [0.4, 0.5) is 10.2 Å². The molecule has 5 nitrogen and oxygen atoms in total. The van der Waals surface area contributed by atoms with Crippen LogP contribution in [0, 0.1) is 3.95 Å². The highest BCUT2D eigenvalue weighted by molar-refractivity contribution is 7.73. The number of anilines is 1. The van der Waals surface area contributed by atoms with Crippen molar-refractivity contribution in [3.8, 4) is 0 Å². The van der Waals surface area contributed by atoms with Gasteiger partial charge in [-0.3, -0.25) is 9.69 Å². The van der Waals surface area contributed by atoms with Crippen LogP contribution in [0.5, 0.6) is 0 Å². The number of hydrogen-bond acceptors (Lipinski definition) is 5. The molecule has 0 saturated heterocycles. The maximum Gasteiger partial charge on any atom is 0.352 e. The fourth-order valence-corrected chi connectivity index (χ4v) is 2.21. The second kappa shape index (κ2) is 5.87. The first-order chi connectivity index (χ1) is 8.01. The summed E-state index contributed by atoms with van der Waals surface area (Å²) >= 11 is 5.88. The molecule has 0 atom stereocenters. The van der Waals surface area contributed by atoms with E-state index >= 15 is 0 Å². The van der Waals surface area contributed by atoms with Crippen LogP contribution in [0.3, 0.4) is 0 Å². The number of alkyl halides is 1. The first kappa shape index (κ1) is 13.8. The second-order valence-corrected chi connectivity index (χ2v) is 4.69. The van der Waals surface area contributed by atoms with Crippen molar-refractivity contribution in [2.75, 3.05) is 25.2 Å². The number of rotatable bonds is 4. The summed E-state index contributed by atoms with van der Waals surface area (Å²) in [7, 11) is 1.36. The first-order valence-corrected chi connectivity index (χ1v) is 5.96. The Morgan fingerprint density at radius 3 is 2.76 bits per heavy atom. The smallest absolute Gasteiger partial charge is 0.352 e. The number of hydrogen-bond donors (Lipinski definition) is 1. The van der Waals surface area contributed by atoms with Gasteiger partial charge in [0.2, 0.25) is 0 Å². The number of H-pyrrole nitrogens is 1. The minimum absolute atomic E-state index is 0.168. The van der Waals surface area contributed by atoms with Crippen molar-refractivity contribution < 1.29 is 18.7 Å². The Balaban J connectivity index is 3.11. The summed E-state index contributed by atoms with van der Waals surface area (Å²) in [5, 5.41) is 0. The summed E-state index contributed by atoms with van der Waals surface area (Å²) in [5.41, 5.74) is 0. The predicted octanol–water partition coefficient (Wildman–Crippen LogP) is 1.91. The van der Waals surface area contributed by atoms with Crippen LogP contribution >= 0.6 is 23.6 Å². The van der Waals surface area contributed by atoms with Gasteiger partial charge in [0.25, 0.3) is 5.91 Å². The number of esters is 1. The molecule has 0 aliphatic rings. The molecule has 0 bridgehead atoms. The monoisotopic (exact) mass is 278 g/mol. The van der Waals surface area contributed by atoms with Gasteiger partial charge in [0, 0.05) is 7.05 Å². The lowest BCUT2D eigenvalue weighted by Crippen LogP contribution is -2.29. The summed E-state index contributed by atoms with van der Waals surface area (Å²) in [6, 6.07) is 0. The summed E-state index contributed by atoms with van der Waals surface area (Å²) in [6.45, 7) is 0.735. The van der Waals surface area contributed by atoms with Crippen molar-refractivity contribution in [2.24, 2.45) is 0 Å². The molecule has 1 aromatic rings. The van der Waals surface area contributed by atoms with Crippen LogP contribution in [-0.4, -0.2) is 37.2 Å². The zero-order chi connectivity index (χ0) is 13.0. The molecule has 0 saturated carbocycles. The van der Waals surface area contributed by atoms with E-state index in [4.69, 9.17) is 17.0 Å². The first-order valence-electron chi connectivity index (χ1n) is 4.74. The Bertz CT molecular complexity index is 483. The number of nitrogens with zero attached hydrogens (tertiary/aromatic N) is 1. The maximum atomic E-state index is 12.3. The molecule has 17 heavy (non-hydrogen) atoms. The van der Waals surface area contributed by atoms with Gasteiger partial charge in [-0.15, -0.1) is 0 Å². The topological polar surface area (TPSA) is 62.4 Å². The fraction of sp³-hybridized carbons (Fsp3) is 0.444. The Labute approximate surface area is 106 Å². The van der Waals surface area contributed by atoms with Gasteiger partial charge in [-0.2, -0.15) is 0 Å². The van der Waals surface area contributed by atoms with Crippen molar-refractivity contribution in [1.82, 2.24) is 4.98 Å². The SMILES string of the molecule is CCOC(=O)c1sc(=S)[nH]c1N(C)C(=O)CF. The number of carbonyl (C=O) groups is 2. The van der Waals surface area contributed by atoms with Crippen LogP contribution in [0.1, 0.15) is 16.6 Å². The standard InChI is InChI=1S/C9H11FN2O3S2/c1-3-15-8(14)6-7(11-9(16)17-6)12(2)5(13)4-10/h3-4H2,1-2H3,(H,11,16). The van der Waals surface area contributed by atoms with Crippen molar-refractivity contribution >= 4 is 41.2 Å². The van der Waals surface area contributed by atoms with Crippen molar-refractivity contribution in [3.05, 3.63) is 8.83 Å². The fourth-order valence-electron chi connectivity index (χ4n) is 1.11. The van der Waals surface area contributed by atoms with Crippen molar-refractivity contribution in [1.29, 1.82) is 0 Å². The Morgan fingerprint density at radius 1 is 1.59 bits per heavy atom. The molecule has 0 aromatic carbocycles. The number of aromatic nitrogens is 1. The van der Waals surface area contributed by atoms with Gasteiger partial charge in [-0.05, 0) is 19.1 Å². The molecule has 0 unspecified atom stereocenters.